The molecule has 2 aromatic rings. The third-order valence-electron chi connectivity index (χ3n) is 5.51. The van der Waals surface area contributed by atoms with Crippen molar-refractivity contribution in [3.63, 3.8) is 0 Å². The van der Waals surface area contributed by atoms with Crippen LogP contribution in [0, 0.1) is 5.92 Å². The lowest BCUT2D eigenvalue weighted by molar-refractivity contribution is -0.115. The number of thioether (sulfide) groups is 1. The van der Waals surface area contributed by atoms with Crippen molar-refractivity contribution in [1.29, 1.82) is 0 Å². The van der Waals surface area contributed by atoms with E-state index < -0.39 is 0 Å². The Bertz CT molecular complexity index is 1040. The zero-order valence-corrected chi connectivity index (χ0v) is 19.5. The number of piperidine rings is 1. The number of likely N-dealkylation sites (tertiary alicyclic amines) is 1. The molecule has 3 unspecified atom stereocenters. The molecule has 0 aliphatic carbocycles. The van der Waals surface area contributed by atoms with Gasteiger partial charge in [-0.2, -0.15) is 0 Å². The lowest BCUT2D eigenvalue weighted by atomic mass is 9.83. The van der Waals surface area contributed by atoms with Crippen LogP contribution < -0.4 is 10.9 Å². The average molecular weight is 482 g/mol. The van der Waals surface area contributed by atoms with Crippen LogP contribution in [0.5, 0.6) is 0 Å². The molecule has 30 heavy (non-hydrogen) atoms. The van der Waals surface area contributed by atoms with Crippen molar-refractivity contribution in [2.45, 2.75) is 31.1 Å². The number of thiocarbonyl (C=S) groups is 1. The molecule has 2 aliphatic heterocycles. The molecule has 5 nitrogen and oxygen atoms in total. The fourth-order valence-corrected chi connectivity index (χ4v) is 6.07. The Kier molecular flexibility index (Phi) is 6.44. The van der Waals surface area contributed by atoms with E-state index >= 15 is 0 Å². The molecule has 9 heteroatoms. The topological polar surface area (TPSA) is 54.3 Å². The Morgan fingerprint density at radius 1 is 1.20 bits per heavy atom. The van der Waals surface area contributed by atoms with Crippen LogP contribution >= 0.6 is 47.2 Å². The van der Waals surface area contributed by atoms with Crippen LogP contribution in [0.15, 0.2) is 41.2 Å². The maximum absolute atomic E-state index is 12.6. The van der Waals surface area contributed by atoms with Gasteiger partial charge in [0.2, 0.25) is 5.91 Å². The third kappa shape index (κ3) is 4.69. The maximum Gasteiger partial charge on any atom is 0.250 e. The quantitative estimate of drug-likeness (QED) is 0.648. The van der Waals surface area contributed by atoms with Crippen LogP contribution in [0.25, 0.3) is 0 Å². The normalized spacial score (nSPS) is 21.0. The summed E-state index contributed by atoms with van der Waals surface area (Å²) in [6, 6.07) is 10.4. The van der Waals surface area contributed by atoms with Crippen molar-refractivity contribution < 1.29 is 4.79 Å². The second kappa shape index (κ2) is 8.91. The molecular formula is C21H21Cl2N3O2S2. The van der Waals surface area contributed by atoms with Gasteiger partial charge in [-0.3, -0.25) is 9.59 Å². The van der Waals surface area contributed by atoms with E-state index in [1.165, 1.54) is 11.8 Å². The molecule has 0 radical (unpaired) electrons. The molecule has 1 aromatic heterocycles. The summed E-state index contributed by atoms with van der Waals surface area (Å²) in [5.41, 5.74) is 1.71. The number of carbonyl (C=O) groups excluding carboxylic acids is 1. The Balaban J connectivity index is 1.39. The molecule has 2 aliphatic rings. The van der Waals surface area contributed by atoms with Crippen LogP contribution in [0.2, 0.25) is 10.0 Å². The molecule has 1 amide bonds. The van der Waals surface area contributed by atoms with Gasteiger partial charge >= 0.3 is 0 Å². The van der Waals surface area contributed by atoms with Gasteiger partial charge in [0.15, 0.2) is 0 Å². The van der Waals surface area contributed by atoms with E-state index in [1.54, 1.807) is 24.3 Å². The number of amides is 1. The van der Waals surface area contributed by atoms with Crippen molar-refractivity contribution in [2.75, 3.05) is 18.4 Å². The van der Waals surface area contributed by atoms with Crippen molar-refractivity contribution in [1.82, 2.24) is 9.47 Å². The van der Waals surface area contributed by atoms with Gasteiger partial charge in [-0.15, -0.1) is 0 Å². The minimum atomic E-state index is -0.369. The fraction of sp³-hybridized carbons (Fsp3) is 0.381. The largest absolute Gasteiger partial charge is 0.356 e. The van der Waals surface area contributed by atoms with Gasteiger partial charge in [-0.1, -0.05) is 53.2 Å². The van der Waals surface area contributed by atoms with E-state index in [0.29, 0.717) is 26.0 Å². The van der Waals surface area contributed by atoms with Gasteiger partial charge in [-0.05, 0) is 43.5 Å². The van der Waals surface area contributed by atoms with Gasteiger partial charge in [-0.25, -0.2) is 0 Å². The number of rotatable bonds is 3. The number of nitrogens with one attached hydrogen (secondary N) is 1. The number of anilines is 1. The van der Waals surface area contributed by atoms with Gasteiger partial charge in [0, 0.05) is 53.0 Å². The number of hydrogen-bond donors (Lipinski definition) is 1. The van der Waals surface area contributed by atoms with E-state index in [1.807, 2.05) is 23.6 Å². The second-order valence-electron chi connectivity index (χ2n) is 7.78. The molecule has 4 rings (SSSR count). The number of nitrogens with zero attached hydrogens (tertiary/aromatic N) is 2. The van der Waals surface area contributed by atoms with E-state index in [0.717, 1.165) is 31.7 Å². The van der Waals surface area contributed by atoms with Gasteiger partial charge < -0.3 is 14.8 Å². The first-order valence-corrected chi connectivity index (χ1v) is 11.8. The fourth-order valence-electron chi connectivity index (χ4n) is 4.19. The zero-order valence-electron chi connectivity index (χ0n) is 16.3. The molecule has 1 fully saturated rings. The molecule has 1 aromatic carbocycles. The number of fused-ring (bicyclic) bond motifs is 4. The summed E-state index contributed by atoms with van der Waals surface area (Å²) in [6.45, 7) is 4.13. The number of aromatic nitrogens is 1. The van der Waals surface area contributed by atoms with Crippen LogP contribution in [0.1, 0.15) is 25.0 Å². The highest BCUT2D eigenvalue weighted by Gasteiger charge is 2.35. The SMILES string of the molecule is CC(SC(=S)N1CC2CC(C1)c1cccc(=O)n1C2)C(=O)Nc1cc(Cl)cc(Cl)c1. The van der Waals surface area contributed by atoms with Crippen LogP contribution in [0.3, 0.4) is 0 Å². The molecule has 1 N–H and O–H groups in total. The summed E-state index contributed by atoms with van der Waals surface area (Å²) < 4.78 is 2.61. The van der Waals surface area contributed by atoms with E-state index in [-0.39, 0.29) is 22.6 Å². The number of benzene rings is 1. The monoisotopic (exact) mass is 481 g/mol. The summed E-state index contributed by atoms with van der Waals surface area (Å²) in [7, 11) is 0. The molecule has 158 valence electrons. The molecule has 3 heterocycles. The number of carbonyl (C=O) groups is 1. The highest BCUT2D eigenvalue weighted by atomic mass is 35.5. The predicted octanol–water partition coefficient (Wildman–Crippen LogP) is 4.62. The van der Waals surface area contributed by atoms with Crippen molar-refractivity contribution in [2.24, 2.45) is 5.92 Å². The number of pyridine rings is 1. The molecule has 0 spiro atoms. The first-order valence-electron chi connectivity index (χ1n) is 9.72. The van der Waals surface area contributed by atoms with E-state index in [4.69, 9.17) is 35.4 Å². The lowest BCUT2D eigenvalue weighted by Crippen LogP contribution is -2.48. The van der Waals surface area contributed by atoms with Gasteiger partial charge in [0.1, 0.15) is 4.32 Å². The summed E-state index contributed by atoms with van der Waals surface area (Å²) in [5, 5.41) is 3.41. The number of halogens is 2. The van der Waals surface area contributed by atoms with E-state index in [9.17, 15) is 9.59 Å². The average Bonchev–Trinajstić information content (AvgIpc) is 2.67. The van der Waals surface area contributed by atoms with Crippen molar-refractivity contribution >= 4 is 63.1 Å². The summed E-state index contributed by atoms with van der Waals surface area (Å²) in [6.07, 6.45) is 1.07. The minimum absolute atomic E-state index is 0.0685. The van der Waals surface area contributed by atoms with E-state index in [2.05, 4.69) is 10.2 Å². The van der Waals surface area contributed by atoms with Crippen LogP contribution in [-0.2, 0) is 11.3 Å². The minimum Gasteiger partial charge on any atom is -0.356 e. The summed E-state index contributed by atoms with van der Waals surface area (Å²) >= 11 is 19.1. The van der Waals surface area contributed by atoms with Gasteiger partial charge in [0.25, 0.3) is 5.56 Å². The first-order chi connectivity index (χ1) is 14.3. The molecule has 3 atom stereocenters. The Morgan fingerprint density at radius 2 is 1.93 bits per heavy atom. The predicted molar refractivity (Wildman–Crippen MR) is 128 cm³/mol. The Morgan fingerprint density at radius 3 is 2.67 bits per heavy atom. The molecular weight excluding hydrogens is 461 g/mol. The number of hydrogen-bond acceptors (Lipinski definition) is 4. The molecule has 0 saturated carbocycles. The first kappa shape index (κ1) is 21.7. The van der Waals surface area contributed by atoms with Crippen molar-refractivity contribution in [3.05, 3.63) is 62.5 Å². The summed E-state index contributed by atoms with van der Waals surface area (Å²) in [5.74, 6) is 0.505. The van der Waals surface area contributed by atoms with Crippen molar-refractivity contribution in [3.8, 4) is 0 Å². The maximum atomic E-state index is 12.6. The highest BCUT2D eigenvalue weighted by Crippen LogP contribution is 2.36. The molecule has 2 bridgehead atoms. The lowest BCUT2D eigenvalue weighted by Gasteiger charge is -2.43. The van der Waals surface area contributed by atoms with Crippen LogP contribution in [0.4, 0.5) is 5.69 Å². The van der Waals surface area contributed by atoms with Crippen LogP contribution in [-0.4, -0.2) is 38.0 Å². The summed E-state index contributed by atoms with van der Waals surface area (Å²) in [4.78, 5) is 27.0. The highest BCUT2D eigenvalue weighted by molar-refractivity contribution is 8.23. The Labute approximate surface area is 194 Å². The smallest absolute Gasteiger partial charge is 0.250 e. The standard InChI is InChI=1S/C21H21Cl2N3O2S2/c1-12(20(28)24-17-7-15(22)6-16(23)8-17)30-21(29)25-9-13-5-14(11-25)18-3-2-4-19(27)26(18)10-13/h2-4,6-8,12-14H,5,9-11H2,1H3,(H,24,28). The Hall–Kier alpha value is -1.54. The zero-order chi connectivity index (χ0) is 21.4. The van der Waals surface area contributed by atoms with Gasteiger partial charge in [0.05, 0.1) is 5.25 Å². The third-order valence-corrected chi connectivity index (χ3v) is 7.53. The second-order valence-corrected chi connectivity index (χ2v) is 10.6. The molecule has 1 saturated heterocycles.